The molecular formula is C17H15NO8. The summed E-state index contributed by atoms with van der Waals surface area (Å²) >= 11 is 0. The summed E-state index contributed by atoms with van der Waals surface area (Å²) in [5, 5.41) is 33.7. The van der Waals surface area contributed by atoms with Gasteiger partial charge in [0.15, 0.2) is 0 Å². The van der Waals surface area contributed by atoms with E-state index in [-0.39, 0.29) is 0 Å². The number of rotatable bonds is 4. The zero-order valence-electron chi connectivity index (χ0n) is 13.2. The molecule has 9 nitrogen and oxygen atoms in total. The van der Waals surface area contributed by atoms with E-state index in [9.17, 15) is 19.2 Å². The average molecular weight is 361 g/mol. The summed E-state index contributed by atoms with van der Waals surface area (Å²) < 4.78 is 0. The third-order valence-corrected chi connectivity index (χ3v) is 2.29. The first-order valence-corrected chi connectivity index (χ1v) is 6.79. The second-order valence-electron chi connectivity index (χ2n) is 4.24. The number of hydrogen-bond acceptors (Lipinski definition) is 5. The normalized spacial score (nSPS) is 9.69. The number of nitrogens with zero attached hydrogens (tertiary/aromatic N) is 1. The zero-order chi connectivity index (χ0) is 19.9. The summed E-state index contributed by atoms with van der Waals surface area (Å²) in [6.07, 6.45) is 5.91. The fraction of sp³-hybridized carbons (Fsp3) is 0. The minimum atomic E-state index is -1.26. The van der Waals surface area contributed by atoms with Crippen molar-refractivity contribution in [2.24, 2.45) is 0 Å². The van der Waals surface area contributed by atoms with Crippen LogP contribution in [-0.2, 0) is 19.2 Å². The van der Waals surface area contributed by atoms with Gasteiger partial charge in [-0.15, -0.1) is 0 Å². The predicted octanol–water partition coefficient (Wildman–Crippen LogP) is 1.66. The van der Waals surface area contributed by atoms with Crippen LogP contribution in [0.15, 0.2) is 67.0 Å². The van der Waals surface area contributed by atoms with Gasteiger partial charge in [0.2, 0.25) is 0 Å². The van der Waals surface area contributed by atoms with Gasteiger partial charge in [-0.3, -0.25) is 4.98 Å². The quantitative estimate of drug-likeness (QED) is 0.593. The monoisotopic (exact) mass is 361 g/mol. The largest absolute Gasteiger partial charge is 0.478 e. The maximum atomic E-state index is 9.55. The van der Waals surface area contributed by atoms with Crippen LogP contribution in [-0.4, -0.2) is 49.3 Å². The molecule has 0 spiro atoms. The summed E-state index contributed by atoms with van der Waals surface area (Å²) in [7, 11) is 0. The second kappa shape index (κ2) is 12.4. The Morgan fingerprint density at radius 2 is 1.04 bits per heavy atom. The number of carbonyl (C=O) groups is 4. The number of hydrogen-bond donors (Lipinski definition) is 4. The van der Waals surface area contributed by atoms with Crippen molar-refractivity contribution in [3.05, 3.63) is 67.0 Å². The minimum Gasteiger partial charge on any atom is -0.478 e. The number of fused-ring (bicyclic) bond motifs is 1. The lowest BCUT2D eigenvalue weighted by molar-refractivity contribution is -0.134. The van der Waals surface area contributed by atoms with Gasteiger partial charge in [0.25, 0.3) is 0 Å². The molecule has 1 aromatic heterocycles. The maximum Gasteiger partial charge on any atom is 0.328 e. The Labute approximate surface area is 147 Å². The van der Waals surface area contributed by atoms with Gasteiger partial charge in [-0.05, 0) is 16.8 Å². The minimum absolute atomic E-state index is 0.558. The van der Waals surface area contributed by atoms with Gasteiger partial charge in [-0.1, -0.05) is 24.3 Å². The summed E-state index contributed by atoms with van der Waals surface area (Å²) in [6.45, 7) is 0. The van der Waals surface area contributed by atoms with Crippen molar-refractivity contribution >= 4 is 34.6 Å². The highest BCUT2D eigenvalue weighted by atomic mass is 16.4. The first-order chi connectivity index (χ1) is 12.2. The summed E-state index contributed by atoms with van der Waals surface area (Å²) in [5.74, 6) is -5.03. The van der Waals surface area contributed by atoms with E-state index in [1.54, 1.807) is 0 Å². The summed E-state index contributed by atoms with van der Waals surface area (Å²) in [5.41, 5.74) is 0. The molecule has 26 heavy (non-hydrogen) atoms. The molecule has 0 bridgehead atoms. The standard InChI is InChI=1S/C9H7N.2C4H4O4/c1-2-4-9-7-10-6-5-8(9)3-1;2*5-3(6)1-2-4(7)8/h1-7H;2*1-2H,(H,5,6)(H,7,8). The Morgan fingerprint density at radius 3 is 1.38 bits per heavy atom. The van der Waals surface area contributed by atoms with Crippen LogP contribution in [0.5, 0.6) is 0 Å². The SMILES string of the molecule is O=C(O)C=CC(=O)O.O=C(O)C=CC(=O)O.c1ccc2cnccc2c1. The van der Waals surface area contributed by atoms with Crippen LogP contribution in [0.1, 0.15) is 0 Å². The second-order valence-corrected chi connectivity index (χ2v) is 4.24. The van der Waals surface area contributed by atoms with Crippen LogP contribution >= 0.6 is 0 Å². The Hall–Kier alpha value is -4.01. The Morgan fingerprint density at radius 1 is 0.654 bits per heavy atom. The van der Waals surface area contributed by atoms with Crippen molar-refractivity contribution in [1.29, 1.82) is 0 Å². The van der Waals surface area contributed by atoms with Crippen molar-refractivity contribution in [1.82, 2.24) is 4.98 Å². The van der Waals surface area contributed by atoms with E-state index in [4.69, 9.17) is 20.4 Å². The van der Waals surface area contributed by atoms with E-state index < -0.39 is 23.9 Å². The highest BCUT2D eigenvalue weighted by Gasteiger charge is 1.89. The molecular weight excluding hydrogens is 346 g/mol. The van der Waals surface area contributed by atoms with Crippen molar-refractivity contribution < 1.29 is 39.6 Å². The van der Waals surface area contributed by atoms with Gasteiger partial charge in [-0.2, -0.15) is 0 Å². The van der Waals surface area contributed by atoms with Crippen molar-refractivity contribution in [3.8, 4) is 0 Å². The molecule has 0 aliphatic heterocycles. The van der Waals surface area contributed by atoms with E-state index in [0.717, 1.165) is 0 Å². The Kier molecular flexibility index (Phi) is 10.5. The predicted molar refractivity (Wildman–Crippen MR) is 90.6 cm³/mol. The first-order valence-electron chi connectivity index (χ1n) is 6.79. The molecule has 2 rings (SSSR count). The van der Waals surface area contributed by atoms with Gasteiger partial charge < -0.3 is 20.4 Å². The number of carboxylic acid groups (broad SMARTS) is 4. The van der Waals surface area contributed by atoms with Crippen LogP contribution in [0.3, 0.4) is 0 Å². The summed E-state index contributed by atoms with van der Waals surface area (Å²) in [4.78, 5) is 42.2. The van der Waals surface area contributed by atoms with E-state index >= 15 is 0 Å². The fourth-order valence-corrected chi connectivity index (χ4v) is 1.31. The molecule has 0 amide bonds. The molecule has 1 heterocycles. The van der Waals surface area contributed by atoms with Gasteiger partial charge >= 0.3 is 23.9 Å². The molecule has 136 valence electrons. The lowest BCUT2D eigenvalue weighted by atomic mass is 10.2. The van der Waals surface area contributed by atoms with Crippen LogP contribution in [0.4, 0.5) is 0 Å². The fourth-order valence-electron chi connectivity index (χ4n) is 1.31. The zero-order valence-corrected chi connectivity index (χ0v) is 13.2. The van der Waals surface area contributed by atoms with Crippen molar-refractivity contribution in [3.63, 3.8) is 0 Å². The molecule has 4 N–H and O–H groups in total. The molecule has 0 fully saturated rings. The Bertz CT molecular complexity index is 695. The Balaban J connectivity index is 0.000000366. The molecule has 0 radical (unpaired) electrons. The van der Waals surface area contributed by atoms with Crippen LogP contribution < -0.4 is 0 Å². The molecule has 0 saturated heterocycles. The average Bonchev–Trinajstić information content (AvgIpc) is 2.59. The van der Waals surface area contributed by atoms with E-state index in [0.29, 0.717) is 24.3 Å². The number of aromatic nitrogens is 1. The topological polar surface area (TPSA) is 162 Å². The molecule has 0 atom stereocenters. The number of pyridine rings is 1. The van der Waals surface area contributed by atoms with E-state index in [1.165, 1.54) is 10.8 Å². The summed E-state index contributed by atoms with van der Waals surface area (Å²) in [6, 6.07) is 10.2. The molecule has 2 aromatic rings. The number of carboxylic acids is 4. The van der Waals surface area contributed by atoms with E-state index in [2.05, 4.69) is 17.1 Å². The van der Waals surface area contributed by atoms with Crippen molar-refractivity contribution in [2.75, 3.05) is 0 Å². The highest BCUT2D eigenvalue weighted by molar-refractivity contribution is 5.90. The lowest BCUT2D eigenvalue weighted by Crippen LogP contribution is -1.91. The molecule has 1 aromatic carbocycles. The molecule has 9 heteroatoms. The first kappa shape index (κ1) is 22.0. The highest BCUT2D eigenvalue weighted by Crippen LogP contribution is 2.09. The van der Waals surface area contributed by atoms with Gasteiger partial charge in [0.1, 0.15) is 0 Å². The third-order valence-electron chi connectivity index (χ3n) is 2.29. The molecule has 0 saturated carbocycles. The molecule has 0 unspecified atom stereocenters. The number of aliphatic carboxylic acids is 4. The van der Waals surface area contributed by atoms with Crippen molar-refractivity contribution in [2.45, 2.75) is 0 Å². The maximum absolute atomic E-state index is 9.55. The van der Waals surface area contributed by atoms with Crippen LogP contribution in [0.25, 0.3) is 10.8 Å². The van der Waals surface area contributed by atoms with Crippen LogP contribution in [0.2, 0.25) is 0 Å². The van der Waals surface area contributed by atoms with E-state index in [1.807, 2.05) is 30.6 Å². The molecule has 0 aliphatic carbocycles. The van der Waals surface area contributed by atoms with Gasteiger partial charge in [0.05, 0.1) is 0 Å². The lowest BCUT2D eigenvalue weighted by Gasteiger charge is -1.91. The third kappa shape index (κ3) is 12.5. The number of benzene rings is 1. The smallest absolute Gasteiger partial charge is 0.328 e. The van der Waals surface area contributed by atoms with Gasteiger partial charge in [-0.25, -0.2) is 19.2 Å². The molecule has 0 aliphatic rings. The van der Waals surface area contributed by atoms with Gasteiger partial charge in [0, 0.05) is 36.7 Å². The van der Waals surface area contributed by atoms with Crippen LogP contribution in [0, 0.1) is 0 Å².